The van der Waals surface area contributed by atoms with Gasteiger partial charge < -0.3 is 20.3 Å². The molecule has 0 aromatic heterocycles. The Balaban J connectivity index is 0.00000121. The van der Waals surface area contributed by atoms with Gasteiger partial charge in [-0.15, -0.1) is 0 Å². The summed E-state index contributed by atoms with van der Waals surface area (Å²) < 4.78 is 49.2. The molecule has 0 radical (unpaired) electrons. The van der Waals surface area contributed by atoms with E-state index in [1.54, 1.807) is 36.9 Å². The number of benzene rings is 2. The zero-order valence-corrected chi connectivity index (χ0v) is 21.5. The Hall–Kier alpha value is -3.07. The third-order valence-electron chi connectivity index (χ3n) is 6.64. The summed E-state index contributed by atoms with van der Waals surface area (Å²) >= 11 is 0. The number of ether oxygens (including phenoxy) is 1. The van der Waals surface area contributed by atoms with Crippen molar-refractivity contribution < 1.29 is 27.5 Å². The van der Waals surface area contributed by atoms with Crippen LogP contribution in [0.3, 0.4) is 0 Å². The summed E-state index contributed by atoms with van der Waals surface area (Å²) in [5.41, 5.74) is 3.62. The first kappa shape index (κ1) is 28.5. The predicted octanol–water partition coefficient (Wildman–Crippen LogP) is 4.81. The molecule has 0 atom stereocenters. The third-order valence-corrected chi connectivity index (χ3v) is 6.64. The number of halogens is 3. The summed E-state index contributed by atoms with van der Waals surface area (Å²) in [6.45, 7) is 7.05. The molecule has 2 fully saturated rings. The molecule has 0 saturated carbocycles. The van der Waals surface area contributed by atoms with Crippen molar-refractivity contribution in [2.45, 2.75) is 45.2 Å². The van der Waals surface area contributed by atoms with Crippen molar-refractivity contribution in [3.8, 4) is 16.9 Å². The minimum atomic E-state index is -1.20. The normalized spacial score (nSPS) is 16.7. The average molecular weight is 520 g/mol. The predicted molar refractivity (Wildman–Crippen MR) is 137 cm³/mol. The van der Waals surface area contributed by atoms with E-state index < -0.39 is 17.3 Å². The molecule has 202 valence electrons. The number of hydrogen-bond acceptors (Lipinski definition) is 4. The Bertz CT molecular complexity index is 1060. The van der Waals surface area contributed by atoms with E-state index in [0.29, 0.717) is 43.5 Å². The molecule has 37 heavy (non-hydrogen) atoms. The quantitative estimate of drug-likeness (QED) is 0.533. The van der Waals surface area contributed by atoms with Gasteiger partial charge in [-0.05, 0) is 88.4 Å². The highest BCUT2D eigenvalue weighted by molar-refractivity contribution is 5.95. The Morgan fingerprint density at radius 3 is 2.27 bits per heavy atom. The molecule has 4 rings (SSSR count). The van der Waals surface area contributed by atoms with Crippen molar-refractivity contribution in [1.29, 1.82) is 0 Å². The summed E-state index contributed by atoms with van der Waals surface area (Å²) in [7, 11) is 0. The van der Waals surface area contributed by atoms with Gasteiger partial charge in [0, 0.05) is 31.3 Å². The number of nitrogens with two attached hydrogens (primary N) is 1. The number of nitrogens with zero attached hydrogens (tertiary/aromatic N) is 2. The van der Waals surface area contributed by atoms with E-state index in [9.17, 15) is 18.0 Å². The van der Waals surface area contributed by atoms with Gasteiger partial charge in [-0.2, -0.15) is 0 Å². The van der Waals surface area contributed by atoms with Crippen molar-refractivity contribution in [2.75, 3.05) is 39.3 Å². The van der Waals surface area contributed by atoms with Crippen molar-refractivity contribution in [3.05, 3.63) is 53.6 Å². The van der Waals surface area contributed by atoms with Crippen LogP contribution in [0.5, 0.6) is 5.75 Å². The second kappa shape index (κ2) is 12.9. The van der Waals surface area contributed by atoms with Crippen LogP contribution in [0.1, 0.15) is 49.9 Å². The van der Waals surface area contributed by atoms with Gasteiger partial charge in [0.1, 0.15) is 23.1 Å². The van der Waals surface area contributed by atoms with Crippen LogP contribution in [0.25, 0.3) is 11.1 Å². The maximum Gasteiger partial charge on any atom is 0.256 e. The van der Waals surface area contributed by atoms with E-state index in [0.717, 1.165) is 38.8 Å². The number of primary amides is 1. The highest BCUT2D eigenvalue weighted by Crippen LogP contribution is 2.29. The van der Waals surface area contributed by atoms with Gasteiger partial charge in [-0.1, -0.05) is 6.07 Å². The van der Waals surface area contributed by atoms with Crippen molar-refractivity contribution >= 4 is 12.3 Å². The molecule has 0 unspecified atom stereocenters. The monoisotopic (exact) mass is 519 g/mol. The van der Waals surface area contributed by atoms with Gasteiger partial charge >= 0.3 is 0 Å². The summed E-state index contributed by atoms with van der Waals surface area (Å²) in [6, 6.07) is 8.81. The van der Waals surface area contributed by atoms with E-state index in [2.05, 4.69) is 10.6 Å². The number of piperidine rings is 1. The van der Waals surface area contributed by atoms with Crippen LogP contribution in [0.15, 0.2) is 36.4 Å². The maximum absolute atomic E-state index is 14.8. The van der Waals surface area contributed by atoms with Crippen molar-refractivity contribution in [1.82, 2.24) is 9.80 Å². The molecule has 2 amide bonds. The fraction of sp³-hybridized carbons (Fsp3) is 0.500. The van der Waals surface area contributed by atoms with Gasteiger partial charge in [0.2, 0.25) is 6.41 Å². The molecule has 6 nitrogen and oxygen atoms in total. The number of carbonyl (C=O) groups excluding carboxylic acids is 2. The molecule has 2 heterocycles. The van der Waals surface area contributed by atoms with Gasteiger partial charge in [-0.25, -0.2) is 13.2 Å². The molecule has 0 aliphatic carbocycles. The topological polar surface area (TPSA) is 75.9 Å². The highest BCUT2D eigenvalue weighted by atomic mass is 19.1. The van der Waals surface area contributed by atoms with Crippen molar-refractivity contribution in [2.24, 2.45) is 11.7 Å². The van der Waals surface area contributed by atoms with E-state index in [1.807, 2.05) is 0 Å². The summed E-state index contributed by atoms with van der Waals surface area (Å²) in [6.07, 6.45) is 3.94. The largest absolute Gasteiger partial charge is 0.493 e. The third kappa shape index (κ3) is 8.21. The average Bonchev–Trinajstić information content (AvgIpc) is 3.38. The van der Waals surface area contributed by atoms with Crippen LogP contribution in [-0.4, -0.2) is 67.1 Å². The van der Waals surface area contributed by atoms with E-state index in [-0.39, 0.29) is 23.4 Å². The second-order valence-corrected chi connectivity index (χ2v) is 10.2. The van der Waals surface area contributed by atoms with Gasteiger partial charge in [-0.3, -0.25) is 9.59 Å². The van der Waals surface area contributed by atoms with E-state index in [1.165, 1.54) is 18.2 Å². The molecule has 2 aromatic rings. The molecule has 2 aliphatic rings. The number of alkyl halides is 1. The lowest BCUT2D eigenvalue weighted by molar-refractivity contribution is -0.106. The fourth-order valence-corrected chi connectivity index (χ4v) is 4.82. The van der Waals surface area contributed by atoms with E-state index >= 15 is 0 Å². The lowest BCUT2D eigenvalue weighted by Gasteiger charge is -2.34. The molecule has 0 spiro atoms. The minimum Gasteiger partial charge on any atom is -0.493 e. The van der Waals surface area contributed by atoms with Crippen LogP contribution >= 0.6 is 0 Å². The number of rotatable bonds is 7. The number of carbonyl (C=O) groups is 2. The van der Waals surface area contributed by atoms with E-state index in [4.69, 9.17) is 9.53 Å². The lowest BCUT2D eigenvalue weighted by Crippen LogP contribution is -2.41. The Labute approximate surface area is 216 Å². The Kier molecular flexibility index (Phi) is 9.97. The summed E-state index contributed by atoms with van der Waals surface area (Å²) in [5.74, 6) is -0.691. The highest BCUT2D eigenvalue weighted by Gasteiger charge is 2.26. The van der Waals surface area contributed by atoms with Crippen LogP contribution in [-0.2, 0) is 4.79 Å². The van der Waals surface area contributed by atoms with Crippen LogP contribution in [0.4, 0.5) is 13.2 Å². The number of amides is 2. The first-order chi connectivity index (χ1) is 17.6. The first-order valence-electron chi connectivity index (χ1n) is 12.7. The molecule has 2 N–H and O–H groups in total. The van der Waals surface area contributed by atoms with Crippen LogP contribution in [0, 0.1) is 17.6 Å². The summed E-state index contributed by atoms with van der Waals surface area (Å²) in [5, 5.41) is 0. The zero-order chi connectivity index (χ0) is 27.0. The van der Waals surface area contributed by atoms with Crippen molar-refractivity contribution in [3.63, 3.8) is 0 Å². The van der Waals surface area contributed by atoms with Crippen LogP contribution < -0.4 is 10.5 Å². The first-order valence-corrected chi connectivity index (χ1v) is 12.7. The Morgan fingerprint density at radius 1 is 1.05 bits per heavy atom. The summed E-state index contributed by atoms with van der Waals surface area (Å²) in [4.78, 5) is 24.9. The second-order valence-electron chi connectivity index (χ2n) is 10.2. The zero-order valence-electron chi connectivity index (χ0n) is 21.5. The SMILES string of the molecule is CC(C)(F)CN1CCC(COc2ccc(-c3ccc(C(=O)N4CCCC4)c(F)c3)c(F)c2)CC1.NC=O. The molecule has 9 heteroatoms. The minimum absolute atomic E-state index is 0.0205. The smallest absolute Gasteiger partial charge is 0.256 e. The number of hydrogen-bond donors (Lipinski definition) is 1. The van der Waals surface area contributed by atoms with Gasteiger partial charge in [0.05, 0.1) is 12.2 Å². The molecular weight excluding hydrogens is 483 g/mol. The standard InChI is InChI=1S/C27H33F3N2O2.CH3NO/c1-27(2,30)18-31-13-9-19(10-14-31)17-34-21-6-8-22(25(29)16-21)20-5-7-23(24(28)15-20)26(33)32-11-3-4-12-32;2-1-3/h5-8,15-16,19H,3-4,9-14,17-18H2,1-2H3;1H,(H2,2,3). The fourth-order valence-electron chi connectivity index (χ4n) is 4.82. The van der Waals surface area contributed by atoms with Gasteiger partial charge in [0.15, 0.2) is 0 Å². The van der Waals surface area contributed by atoms with Gasteiger partial charge in [0.25, 0.3) is 5.91 Å². The lowest BCUT2D eigenvalue weighted by atomic mass is 9.97. The molecular formula is C28H36F3N3O3. The molecule has 2 aliphatic heterocycles. The number of likely N-dealkylation sites (tertiary alicyclic amines) is 2. The molecule has 0 bridgehead atoms. The molecule has 2 aromatic carbocycles. The maximum atomic E-state index is 14.8. The Morgan fingerprint density at radius 2 is 1.70 bits per heavy atom. The van der Waals surface area contributed by atoms with Crippen LogP contribution in [0.2, 0.25) is 0 Å². The molecule has 2 saturated heterocycles.